The van der Waals surface area contributed by atoms with Crippen molar-refractivity contribution in [3.63, 3.8) is 0 Å². The lowest BCUT2D eigenvalue weighted by Crippen LogP contribution is -2.64. The van der Waals surface area contributed by atoms with Crippen LogP contribution in [0.5, 0.6) is 5.75 Å². The number of rotatable bonds is 5. The molecule has 4 rings (SSSR count). The summed E-state index contributed by atoms with van der Waals surface area (Å²) in [5.74, 6) is -0.606. The third-order valence-electron chi connectivity index (χ3n) is 5.50. The molecule has 2 saturated heterocycles. The molecule has 0 atom stereocenters. The van der Waals surface area contributed by atoms with Gasteiger partial charge in [-0.2, -0.15) is 0 Å². The van der Waals surface area contributed by atoms with Gasteiger partial charge in [-0.1, -0.05) is 18.2 Å². The van der Waals surface area contributed by atoms with Crippen LogP contribution in [0.25, 0.3) is 0 Å². The average Bonchev–Trinajstić information content (AvgIpc) is 2.86. The highest BCUT2D eigenvalue weighted by Gasteiger charge is 2.48. The minimum Gasteiger partial charge on any atom is -0.406 e. The van der Waals surface area contributed by atoms with Crippen molar-refractivity contribution in [3.05, 3.63) is 59.9 Å². The molecule has 2 amide bonds. The van der Waals surface area contributed by atoms with Gasteiger partial charge in [-0.3, -0.25) is 14.6 Å². The van der Waals surface area contributed by atoms with Crippen molar-refractivity contribution in [1.29, 1.82) is 0 Å². The number of amides is 2. The van der Waals surface area contributed by atoms with Gasteiger partial charge in [0.15, 0.2) is 0 Å². The van der Waals surface area contributed by atoms with E-state index in [9.17, 15) is 22.8 Å². The Balaban J connectivity index is 1.39. The second-order valence-corrected chi connectivity index (χ2v) is 8.23. The largest absolute Gasteiger partial charge is 0.573 e. The Kier molecular flexibility index (Phi) is 6.05. The molecular weight excluding hydrogens is 427 g/mol. The summed E-state index contributed by atoms with van der Waals surface area (Å²) in [6.07, 6.45) is -1.24. The molecule has 2 aromatic rings. The second-order valence-electron chi connectivity index (χ2n) is 8.23. The molecule has 1 aromatic heterocycles. The van der Waals surface area contributed by atoms with Gasteiger partial charge in [0, 0.05) is 44.0 Å². The molecule has 0 bridgehead atoms. The van der Waals surface area contributed by atoms with Crippen LogP contribution in [-0.4, -0.2) is 65.8 Å². The lowest BCUT2D eigenvalue weighted by Gasteiger charge is -2.50. The van der Waals surface area contributed by atoms with Crippen LogP contribution in [0.4, 0.5) is 13.2 Å². The van der Waals surface area contributed by atoms with Crippen LogP contribution in [-0.2, 0) is 27.3 Å². The van der Waals surface area contributed by atoms with Crippen molar-refractivity contribution in [2.45, 2.75) is 19.3 Å². The molecule has 1 spiro atoms. The fraction of sp³-hybridized carbons (Fsp3) is 0.409. The van der Waals surface area contributed by atoms with Crippen LogP contribution in [0.1, 0.15) is 11.1 Å². The minimum atomic E-state index is -4.79. The lowest BCUT2D eigenvalue weighted by molar-refractivity contribution is -0.274. The van der Waals surface area contributed by atoms with Gasteiger partial charge in [0.2, 0.25) is 11.8 Å². The summed E-state index contributed by atoms with van der Waals surface area (Å²) in [5, 5.41) is 0. The van der Waals surface area contributed by atoms with E-state index in [0.717, 1.165) is 5.56 Å². The molecular formula is C22H22F3N3O4. The SMILES string of the molecule is O=C1COCC2(CN1Cc1cccc(OC(F)(F)F)c1)CN(C(=O)Cc1cccnc1)C2. The van der Waals surface area contributed by atoms with Gasteiger partial charge in [-0.25, -0.2) is 0 Å². The minimum absolute atomic E-state index is 0.0252. The first kappa shape index (κ1) is 22.1. The zero-order chi connectivity index (χ0) is 22.8. The Bertz CT molecular complexity index is 978. The highest BCUT2D eigenvalue weighted by atomic mass is 19.4. The van der Waals surface area contributed by atoms with E-state index in [1.807, 2.05) is 6.07 Å². The van der Waals surface area contributed by atoms with Crippen molar-refractivity contribution in [3.8, 4) is 5.75 Å². The fourth-order valence-corrected chi connectivity index (χ4v) is 4.11. The zero-order valence-corrected chi connectivity index (χ0v) is 17.2. The number of halogens is 3. The molecule has 3 heterocycles. The van der Waals surface area contributed by atoms with Gasteiger partial charge in [-0.05, 0) is 29.3 Å². The summed E-state index contributed by atoms with van der Waals surface area (Å²) in [6, 6.07) is 9.18. The molecule has 10 heteroatoms. The molecule has 2 aliphatic heterocycles. The van der Waals surface area contributed by atoms with Crippen LogP contribution >= 0.6 is 0 Å². The van der Waals surface area contributed by atoms with E-state index < -0.39 is 11.8 Å². The molecule has 0 saturated carbocycles. The summed E-state index contributed by atoms with van der Waals surface area (Å²) >= 11 is 0. The Morgan fingerprint density at radius 2 is 1.94 bits per heavy atom. The molecule has 0 radical (unpaired) electrons. The summed E-state index contributed by atoms with van der Waals surface area (Å²) in [6.45, 7) is 1.61. The van der Waals surface area contributed by atoms with Gasteiger partial charge < -0.3 is 19.3 Å². The standard InChI is InChI=1S/C22H22F3N3O4/c23-22(24,25)32-18-5-1-3-17(7-18)10-27-12-21(15-31-11-20(27)30)13-28(14-21)19(29)8-16-4-2-6-26-9-16/h1-7,9H,8,10-15H2. The van der Waals surface area contributed by atoms with Crippen molar-refractivity contribution in [2.24, 2.45) is 5.41 Å². The molecule has 0 unspecified atom stereocenters. The molecule has 32 heavy (non-hydrogen) atoms. The van der Waals surface area contributed by atoms with E-state index in [1.54, 1.807) is 34.3 Å². The topological polar surface area (TPSA) is 72.0 Å². The second kappa shape index (κ2) is 8.78. The van der Waals surface area contributed by atoms with E-state index in [4.69, 9.17) is 4.74 Å². The summed E-state index contributed by atoms with van der Waals surface area (Å²) in [5.41, 5.74) is 0.950. The van der Waals surface area contributed by atoms with Gasteiger partial charge in [-0.15, -0.1) is 13.2 Å². The van der Waals surface area contributed by atoms with Crippen molar-refractivity contribution < 1.29 is 32.2 Å². The van der Waals surface area contributed by atoms with Crippen molar-refractivity contribution >= 4 is 11.8 Å². The molecule has 0 N–H and O–H groups in total. The predicted octanol–water partition coefficient (Wildman–Crippen LogP) is 2.41. The van der Waals surface area contributed by atoms with Gasteiger partial charge in [0.25, 0.3) is 0 Å². The number of carbonyl (C=O) groups excluding carboxylic acids is 2. The number of hydrogen-bond donors (Lipinski definition) is 0. The Morgan fingerprint density at radius 1 is 1.16 bits per heavy atom. The molecule has 7 nitrogen and oxygen atoms in total. The average molecular weight is 449 g/mol. The number of ether oxygens (including phenoxy) is 2. The quantitative estimate of drug-likeness (QED) is 0.701. The number of nitrogens with zero attached hydrogens (tertiary/aromatic N) is 3. The number of alkyl halides is 3. The van der Waals surface area contributed by atoms with Crippen LogP contribution in [0.15, 0.2) is 48.8 Å². The van der Waals surface area contributed by atoms with Crippen molar-refractivity contribution in [2.75, 3.05) is 32.8 Å². The highest BCUT2D eigenvalue weighted by Crippen LogP contribution is 2.35. The number of hydrogen-bond acceptors (Lipinski definition) is 5. The van der Waals surface area contributed by atoms with Gasteiger partial charge >= 0.3 is 6.36 Å². The molecule has 2 fully saturated rings. The number of benzene rings is 1. The Labute approximate surface area is 182 Å². The summed E-state index contributed by atoms with van der Waals surface area (Å²) in [7, 11) is 0. The summed E-state index contributed by atoms with van der Waals surface area (Å²) < 4.78 is 47.0. The first-order chi connectivity index (χ1) is 15.2. The van der Waals surface area contributed by atoms with Crippen LogP contribution < -0.4 is 4.74 Å². The predicted molar refractivity (Wildman–Crippen MR) is 106 cm³/mol. The van der Waals surface area contributed by atoms with E-state index in [1.165, 1.54) is 18.2 Å². The van der Waals surface area contributed by atoms with Gasteiger partial charge in [0.05, 0.1) is 13.0 Å². The lowest BCUT2D eigenvalue weighted by atomic mass is 9.79. The molecule has 1 aromatic carbocycles. The van der Waals surface area contributed by atoms with Crippen molar-refractivity contribution in [1.82, 2.24) is 14.8 Å². The maximum atomic E-state index is 12.6. The van der Waals surface area contributed by atoms with Crippen LogP contribution in [0.3, 0.4) is 0 Å². The fourth-order valence-electron chi connectivity index (χ4n) is 4.11. The zero-order valence-electron chi connectivity index (χ0n) is 17.2. The summed E-state index contributed by atoms with van der Waals surface area (Å²) in [4.78, 5) is 32.4. The Hall–Kier alpha value is -3.14. The molecule has 0 aliphatic carbocycles. The number of pyridine rings is 1. The molecule has 170 valence electrons. The van der Waals surface area contributed by atoms with Crippen LogP contribution in [0.2, 0.25) is 0 Å². The van der Waals surface area contributed by atoms with Gasteiger partial charge in [0.1, 0.15) is 12.4 Å². The van der Waals surface area contributed by atoms with E-state index in [-0.39, 0.29) is 37.1 Å². The third-order valence-corrected chi connectivity index (χ3v) is 5.50. The number of aromatic nitrogens is 1. The monoisotopic (exact) mass is 449 g/mol. The normalized spacial score (nSPS) is 18.3. The van der Waals surface area contributed by atoms with E-state index >= 15 is 0 Å². The number of carbonyl (C=O) groups is 2. The Morgan fingerprint density at radius 3 is 2.66 bits per heavy atom. The maximum absolute atomic E-state index is 12.6. The first-order valence-electron chi connectivity index (χ1n) is 10.1. The van der Waals surface area contributed by atoms with Crippen LogP contribution in [0, 0.1) is 5.41 Å². The number of likely N-dealkylation sites (tertiary alicyclic amines) is 1. The molecule has 2 aliphatic rings. The highest BCUT2D eigenvalue weighted by molar-refractivity contribution is 5.80. The maximum Gasteiger partial charge on any atom is 0.573 e. The third kappa shape index (κ3) is 5.37. The van der Waals surface area contributed by atoms with E-state index in [0.29, 0.717) is 31.8 Å². The first-order valence-corrected chi connectivity index (χ1v) is 10.1. The smallest absolute Gasteiger partial charge is 0.406 e. The van der Waals surface area contributed by atoms with E-state index in [2.05, 4.69) is 9.72 Å².